The summed E-state index contributed by atoms with van der Waals surface area (Å²) in [6.07, 6.45) is 0. The molecule has 0 unspecified atom stereocenters. The summed E-state index contributed by atoms with van der Waals surface area (Å²) in [5, 5.41) is 11.4. The Labute approximate surface area is 146 Å². The smallest absolute Gasteiger partial charge is 0.290 e. The van der Waals surface area contributed by atoms with Crippen LogP contribution in [-0.2, 0) is 20.0 Å². The van der Waals surface area contributed by atoms with E-state index in [1.165, 1.54) is 18.4 Å². The molecule has 1 aliphatic heterocycles. The maximum atomic E-state index is 12.8. The fourth-order valence-electron chi connectivity index (χ4n) is 2.40. The number of nitrogens with zero attached hydrogens (tertiary/aromatic N) is 4. The first-order valence-electron chi connectivity index (χ1n) is 7.37. The number of hydrogen-bond acceptors (Lipinski definition) is 7. The van der Waals surface area contributed by atoms with E-state index in [1.54, 1.807) is 0 Å². The zero-order valence-corrected chi connectivity index (χ0v) is 15.7. The van der Waals surface area contributed by atoms with Crippen molar-refractivity contribution in [3.05, 3.63) is 28.3 Å². The summed E-state index contributed by atoms with van der Waals surface area (Å²) in [7, 11) is -3.57. The van der Waals surface area contributed by atoms with Crippen LogP contribution < -0.4 is 0 Å². The monoisotopic (exact) mass is 392 g/mol. The lowest BCUT2D eigenvalue weighted by Gasteiger charge is -2.31. The molecule has 0 saturated carbocycles. The fourth-order valence-corrected chi connectivity index (χ4v) is 4.88. The van der Waals surface area contributed by atoms with Crippen LogP contribution in [0.1, 0.15) is 0 Å². The summed E-state index contributed by atoms with van der Waals surface area (Å²) in [6, 6.07) is 2.85. The molecular weight excluding hydrogens is 372 g/mol. The summed E-state index contributed by atoms with van der Waals surface area (Å²) < 4.78 is 51.9. The summed E-state index contributed by atoms with van der Waals surface area (Å²) in [5.74, 6) is 0. The van der Waals surface area contributed by atoms with Crippen LogP contribution in [0.2, 0.25) is 0 Å². The Morgan fingerprint density at radius 3 is 2.12 bits per heavy atom. The van der Waals surface area contributed by atoms with Gasteiger partial charge in [-0.15, -0.1) is 0 Å². The molecule has 0 bridgehead atoms. The molecule has 25 heavy (non-hydrogen) atoms. The van der Waals surface area contributed by atoms with Crippen molar-refractivity contribution in [3.63, 3.8) is 0 Å². The predicted molar refractivity (Wildman–Crippen MR) is 90.2 cm³/mol. The van der Waals surface area contributed by atoms with Crippen molar-refractivity contribution in [1.82, 2.24) is 13.5 Å². The van der Waals surface area contributed by atoms with E-state index < -0.39 is 35.6 Å². The van der Waals surface area contributed by atoms with E-state index in [2.05, 4.69) is 0 Å². The highest BCUT2D eigenvalue weighted by atomic mass is 32.2. The largest absolute Gasteiger partial charge is 0.304 e. The standard InChI is InChI=1S/C13H20N4O6S2/c1-14(2)24(20,21)11-4-5-13(12(10-11)17(18)19)25(22,23)16-8-6-15(3)7-9-16/h4-5,10H,6-9H2,1-3H3. The molecule has 1 aromatic carbocycles. The third-order valence-electron chi connectivity index (χ3n) is 3.99. The SMILES string of the molecule is CN1CCN(S(=O)(=O)c2ccc(S(=O)(=O)N(C)C)cc2[N+](=O)[O-])CC1. The molecule has 0 atom stereocenters. The first kappa shape index (κ1) is 19.7. The number of hydrogen-bond donors (Lipinski definition) is 0. The zero-order valence-electron chi connectivity index (χ0n) is 14.1. The Hall–Kier alpha value is -1.60. The number of likely N-dealkylation sites (N-methyl/N-ethyl adjacent to an activating group) is 1. The summed E-state index contributed by atoms with van der Waals surface area (Å²) in [4.78, 5) is 11.6. The zero-order chi connectivity index (χ0) is 19.0. The fraction of sp³-hybridized carbons (Fsp3) is 0.538. The highest BCUT2D eigenvalue weighted by Gasteiger charge is 2.34. The van der Waals surface area contributed by atoms with E-state index in [-0.39, 0.29) is 18.0 Å². The molecular formula is C13H20N4O6S2. The van der Waals surface area contributed by atoms with Crippen molar-refractivity contribution < 1.29 is 21.8 Å². The highest BCUT2D eigenvalue weighted by Crippen LogP contribution is 2.30. The third kappa shape index (κ3) is 3.82. The van der Waals surface area contributed by atoms with Gasteiger partial charge in [0, 0.05) is 46.3 Å². The van der Waals surface area contributed by atoms with Gasteiger partial charge in [0.1, 0.15) is 0 Å². The van der Waals surface area contributed by atoms with Crippen LogP contribution in [0.4, 0.5) is 5.69 Å². The Balaban J connectivity index is 2.53. The molecule has 0 radical (unpaired) electrons. The number of nitro groups is 1. The lowest BCUT2D eigenvalue weighted by atomic mass is 10.3. The van der Waals surface area contributed by atoms with Crippen molar-refractivity contribution in [2.24, 2.45) is 0 Å². The lowest BCUT2D eigenvalue weighted by molar-refractivity contribution is -0.388. The minimum atomic E-state index is -4.09. The number of benzene rings is 1. The molecule has 0 amide bonds. The molecule has 10 nitrogen and oxygen atoms in total. The Bertz CT molecular complexity index is 874. The lowest BCUT2D eigenvalue weighted by Crippen LogP contribution is -2.47. The number of piperazine rings is 1. The van der Waals surface area contributed by atoms with Crippen molar-refractivity contribution in [2.75, 3.05) is 47.3 Å². The maximum absolute atomic E-state index is 12.8. The molecule has 1 saturated heterocycles. The second kappa shape index (κ2) is 6.96. The van der Waals surface area contributed by atoms with Gasteiger partial charge >= 0.3 is 0 Å². The van der Waals surface area contributed by atoms with Crippen LogP contribution >= 0.6 is 0 Å². The van der Waals surface area contributed by atoms with Gasteiger partial charge in [0.2, 0.25) is 20.0 Å². The van der Waals surface area contributed by atoms with Crippen molar-refractivity contribution in [1.29, 1.82) is 0 Å². The van der Waals surface area contributed by atoms with Gasteiger partial charge in [-0.3, -0.25) is 10.1 Å². The summed E-state index contributed by atoms with van der Waals surface area (Å²) in [5.41, 5.74) is -0.748. The Morgan fingerprint density at radius 2 is 1.64 bits per heavy atom. The molecule has 1 aromatic rings. The van der Waals surface area contributed by atoms with Gasteiger partial charge in [0.05, 0.1) is 9.82 Å². The average Bonchev–Trinajstić information content (AvgIpc) is 2.54. The van der Waals surface area contributed by atoms with Crippen LogP contribution in [0.25, 0.3) is 0 Å². The predicted octanol–water partition coefficient (Wildman–Crippen LogP) is -0.219. The van der Waals surface area contributed by atoms with Gasteiger partial charge in [-0.25, -0.2) is 21.1 Å². The third-order valence-corrected chi connectivity index (χ3v) is 7.74. The summed E-state index contributed by atoms with van der Waals surface area (Å²) >= 11 is 0. The summed E-state index contributed by atoms with van der Waals surface area (Å²) in [6.45, 7) is 1.46. The highest BCUT2D eigenvalue weighted by molar-refractivity contribution is 7.89. The van der Waals surface area contributed by atoms with Gasteiger partial charge in [-0.2, -0.15) is 4.31 Å². The van der Waals surface area contributed by atoms with Crippen molar-refractivity contribution in [3.8, 4) is 0 Å². The van der Waals surface area contributed by atoms with E-state index in [1.807, 2.05) is 11.9 Å². The molecule has 1 aliphatic rings. The topological polar surface area (TPSA) is 121 Å². The minimum absolute atomic E-state index is 0.216. The molecule has 2 rings (SSSR count). The molecule has 0 aromatic heterocycles. The maximum Gasteiger partial charge on any atom is 0.290 e. The average molecular weight is 392 g/mol. The van der Waals surface area contributed by atoms with Gasteiger partial charge in [-0.1, -0.05) is 0 Å². The van der Waals surface area contributed by atoms with Crippen molar-refractivity contribution in [2.45, 2.75) is 9.79 Å². The van der Waals surface area contributed by atoms with Gasteiger partial charge in [0.15, 0.2) is 4.90 Å². The second-order valence-corrected chi connectivity index (χ2v) is 9.94. The number of rotatable bonds is 5. The first-order valence-corrected chi connectivity index (χ1v) is 10.3. The number of sulfonamides is 2. The first-order chi connectivity index (χ1) is 11.5. The van der Waals surface area contributed by atoms with Gasteiger partial charge in [0.25, 0.3) is 5.69 Å². The second-order valence-electron chi connectivity index (χ2n) is 5.88. The molecule has 12 heteroatoms. The Kier molecular flexibility index (Phi) is 5.49. The van der Waals surface area contributed by atoms with E-state index in [0.717, 1.165) is 22.5 Å². The van der Waals surface area contributed by atoms with Crippen molar-refractivity contribution >= 4 is 25.7 Å². The van der Waals surface area contributed by atoms with Crippen LogP contribution in [0.3, 0.4) is 0 Å². The van der Waals surface area contributed by atoms with Gasteiger partial charge in [-0.05, 0) is 19.2 Å². The minimum Gasteiger partial charge on any atom is -0.304 e. The van der Waals surface area contributed by atoms with E-state index in [0.29, 0.717) is 13.1 Å². The quantitative estimate of drug-likeness (QED) is 0.502. The molecule has 140 valence electrons. The molecule has 0 aliphatic carbocycles. The molecule has 0 spiro atoms. The van der Waals surface area contributed by atoms with E-state index in [4.69, 9.17) is 0 Å². The van der Waals surface area contributed by atoms with E-state index in [9.17, 15) is 26.9 Å². The van der Waals surface area contributed by atoms with Crippen LogP contribution in [0.5, 0.6) is 0 Å². The van der Waals surface area contributed by atoms with E-state index >= 15 is 0 Å². The molecule has 1 heterocycles. The normalized spacial score (nSPS) is 17.8. The van der Waals surface area contributed by atoms with Crippen LogP contribution in [-0.4, -0.2) is 82.6 Å². The molecule has 1 fully saturated rings. The van der Waals surface area contributed by atoms with Crippen LogP contribution in [0.15, 0.2) is 28.0 Å². The molecule has 0 N–H and O–H groups in total. The Morgan fingerprint density at radius 1 is 1.08 bits per heavy atom. The number of nitro benzene ring substituents is 1. The van der Waals surface area contributed by atoms with Crippen LogP contribution in [0, 0.1) is 10.1 Å². The van der Waals surface area contributed by atoms with Gasteiger partial charge < -0.3 is 4.90 Å².